The van der Waals surface area contributed by atoms with Crippen molar-refractivity contribution in [2.75, 3.05) is 13.1 Å². The van der Waals surface area contributed by atoms with Crippen molar-refractivity contribution in [3.8, 4) is 12.1 Å². The second-order valence-corrected chi connectivity index (χ2v) is 3.64. The van der Waals surface area contributed by atoms with Crippen LogP contribution in [0.25, 0.3) is 0 Å². The summed E-state index contributed by atoms with van der Waals surface area (Å²) in [4.78, 5) is 1.77. The molecule has 0 saturated heterocycles. The lowest BCUT2D eigenvalue weighted by molar-refractivity contribution is 0.0319. The van der Waals surface area contributed by atoms with Gasteiger partial charge in [0.2, 0.25) is 0 Å². The Bertz CT molecular complexity index is 237. The largest absolute Gasteiger partial charge is 0.391 e. The van der Waals surface area contributed by atoms with Crippen LogP contribution in [0.5, 0.6) is 0 Å². The smallest absolute Gasteiger partial charge is 0.0877 e. The Labute approximate surface area is 84.4 Å². The molecule has 0 spiro atoms. The molecular weight excluding hydrogens is 178 g/mol. The molecule has 1 aliphatic carbocycles. The first kappa shape index (κ1) is 11.0. The molecule has 4 heteroatoms. The molecule has 1 fully saturated rings. The van der Waals surface area contributed by atoms with Crippen molar-refractivity contribution >= 4 is 0 Å². The normalized spacial score (nSPS) is 26.9. The molecule has 14 heavy (non-hydrogen) atoms. The lowest BCUT2D eigenvalue weighted by Gasteiger charge is -2.34. The summed E-state index contributed by atoms with van der Waals surface area (Å²) in [6, 6.07) is 4.07. The van der Waals surface area contributed by atoms with Gasteiger partial charge in [0.25, 0.3) is 0 Å². The van der Waals surface area contributed by atoms with E-state index in [4.69, 9.17) is 10.5 Å². The van der Waals surface area contributed by atoms with E-state index in [1.165, 1.54) is 0 Å². The minimum Gasteiger partial charge on any atom is -0.391 e. The second-order valence-electron chi connectivity index (χ2n) is 3.64. The predicted octanol–water partition coefficient (Wildman–Crippen LogP) is 0.639. The van der Waals surface area contributed by atoms with E-state index in [9.17, 15) is 5.11 Å². The van der Waals surface area contributed by atoms with E-state index in [2.05, 4.69) is 0 Å². The summed E-state index contributed by atoms with van der Waals surface area (Å²) in [6.07, 6.45) is 3.44. The summed E-state index contributed by atoms with van der Waals surface area (Å²) in [5.74, 6) is 0. The van der Waals surface area contributed by atoms with Gasteiger partial charge in [-0.2, -0.15) is 10.5 Å². The molecule has 1 saturated carbocycles. The molecular formula is C10H15N3O. The van der Waals surface area contributed by atoms with Gasteiger partial charge in [0, 0.05) is 6.04 Å². The Morgan fingerprint density at radius 2 is 1.71 bits per heavy atom. The van der Waals surface area contributed by atoms with Gasteiger partial charge in [-0.3, -0.25) is 4.90 Å². The molecule has 4 nitrogen and oxygen atoms in total. The fourth-order valence-electron chi connectivity index (χ4n) is 1.99. The predicted molar refractivity (Wildman–Crippen MR) is 51.1 cm³/mol. The Kier molecular flexibility index (Phi) is 4.39. The van der Waals surface area contributed by atoms with Crippen molar-refractivity contribution in [3.63, 3.8) is 0 Å². The van der Waals surface area contributed by atoms with Crippen LogP contribution in [-0.2, 0) is 0 Å². The van der Waals surface area contributed by atoms with Crippen LogP contribution < -0.4 is 0 Å². The number of nitrogens with zero attached hydrogens (tertiary/aromatic N) is 3. The number of nitriles is 2. The molecule has 0 bridgehead atoms. The first-order chi connectivity index (χ1) is 6.79. The topological polar surface area (TPSA) is 71.0 Å². The summed E-state index contributed by atoms with van der Waals surface area (Å²) in [6.45, 7) is 0.463. The Morgan fingerprint density at radius 3 is 2.21 bits per heavy atom. The fraction of sp³-hybridized carbons (Fsp3) is 0.800. The van der Waals surface area contributed by atoms with E-state index in [-0.39, 0.29) is 25.2 Å². The third kappa shape index (κ3) is 2.70. The molecule has 0 aliphatic heterocycles. The van der Waals surface area contributed by atoms with Gasteiger partial charge in [-0.05, 0) is 12.8 Å². The van der Waals surface area contributed by atoms with Crippen LogP contribution >= 0.6 is 0 Å². The molecule has 76 valence electrons. The average Bonchev–Trinajstić information content (AvgIpc) is 2.18. The summed E-state index contributed by atoms with van der Waals surface area (Å²) in [7, 11) is 0. The molecule has 2 atom stereocenters. The van der Waals surface area contributed by atoms with E-state index in [1.807, 2.05) is 12.1 Å². The van der Waals surface area contributed by atoms with Gasteiger partial charge in [-0.15, -0.1) is 0 Å². The van der Waals surface area contributed by atoms with Gasteiger partial charge in [-0.25, -0.2) is 0 Å². The minimum absolute atomic E-state index is 0.00282. The van der Waals surface area contributed by atoms with Crippen LogP contribution in [-0.4, -0.2) is 35.2 Å². The van der Waals surface area contributed by atoms with Crippen molar-refractivity contribution in [3.05, 3.63) is 0 Å². The van der Waals surface area contributed by atoms with E-state index in [1.54, 1.807) is 4.90 Å². The van der Waals surface area contributed by atoms with Gasteiger partial charge in [0.05, 0.1) is 31.3 Å². The maximum absolute atomic E-state index is 9.73. The van der Waals surface area contributed by atoms with Gasteiger partial charge < -0.3 is 5.11 Å². The first-order valence-electron chi connectivity index (χ1n) is 4.95. The van der Waals surface area contributed by atoms with Crippen LogP contribution in [0.1, 0.15) is 25.7 Å². The van der Waals surface area contributed by atoms with Gasteiger partial charge in [-0.1, -0.05) is 12.8 Å². The molecule has 0 heterocycles. The quantitative estimate of drug-likeness (QED) is 0.668. The van der Waals surface area contributed by atoms with E-state index in [0.717, 1.165) is 25.7 Å². The monoisotopic (exact) mass is 193 g/mol. The molecule has 0 aromatic rings. The molecule has 0 aromatic carbocycles. The maximum Gasteiger partial charge on any atom is 0.0877 e. The molecule has 1 N–H and O–H groups in total. The zero-order valence-electron chi connectivity index (χ0n) is 8.19. The van der Waals surface area contributed by atoms with Crippen LogP contribution in [0, 0.1) is 22.7 Å². The minimum atomic E-state index is -0.370. The maximum atomic E-state index is 9.73. The van der Waals surface area contributed by atoms with Crippen LogP contribution in [0.2, 0.25) is 0 Å². The van der Waals surface area contributed by atoms with Crippen molar-refractivity contribution in [2.24, 2.45) is 0 Å². The standard InChI is InChI=1S/C10H15N3O/c11-5-7-13(8-6-12)9-3-1-2-4-10(9)14/h9-10,14H,1-4,7-8H2/t9-,10-/m0/s1. The lowest BCUT2D eigenvalue weighted by Crippen LogP contribution is -2.45. The Balaban J connectivity index is 2.57. The highest BCUT2D eigenvalue weighted by molar-refractivity contribution is 4.92. The zero-order chi connectivity index (χ0) is 10.4. The van der Waals surface area contributed by atoms with Crippen molar-refractivity contribution in [2.45, 2.75) is 37.8 Å². The number of aliphatic hydroxyl groups is 1. The average molecular weight is 193 g/mol. The lowest BCUT2D eigenvalue weighted by atomic mass is 9.91. The fourth-order valence-corrected chi connectivity index (χ4v) is 1.99. The molecule has 1 rings (SSSR count). The number of hydrogen-bond donors (Lipinski definition) is 1. The van der Waals surface area contributed by atoms with Gasteiger partial charge >= 0.3 is 0 Å². The van der Waals surface area contributed by atoms with Crippen LogP contribution in [0.15, 0.2) is 0 Å². The summed E-state index contributed by atoms with van der Waals surface area (Å²) in [5.41, 5.74) is 0. The Morgan fingerprint density at radius 1 is 1.14 bits per heavy atom. The molecule has 0 aromatic heterocycles. The summed E-state index contributed by atoms with van der Waals surface area (Å²) >= 11 is 0. The van der Waals surface area contributed by atoms with Gasteiger partial charge in [0.1, 0.15) is 0 Å². The summed E-state index contributed by atoms with van der Waals surface area (Å²) < 4.78 is 0. The third-order valence-electron chi connectivity index (χ3n) is 2.71. The molecule has 0 unspecified atom stereocenters. The van der Waals surface area contributed by atoms with Crippen LogP contribution in [0.3, 0.4) is 0 Å². The number of hydrogen-bond acceptors (Lipinski definition) is 4. The molecule has 0 amide bonds. The number of rotatable bonds is 3. The first-order valence-corrected chi connectivity index (χ1v) is 4.95. The molecule has 1 aliphatic rings. The van der Waals surface area contributed by atoms with Crippen molar-refractivity contribution < 1.29 is 5.11 Å². The van der Waals surface area contributed by atoms with Crippen molar-refractivity contribution in [1.82, 2.24) is 4.90 Å². The zero-order valence-corrected chi connectivity index (χ0v) is 8.19. The highest BCUT2D eigenvalue weighted by Crippen LogP contribution is 2.22. The van der Waals surface area contributed by atoms with E-state index in [0.29, 0.717) is 0 Å². The van der Waals surface area contributed by atoms with Crippen molar-refractivity contribution in [1.29, 1.82) is 10.5 Å². The summed E-state index contributed by atoms with van der Waals surface area (Å²) in [5, 5.41) is 26.9. The SMILES string of the molecule is N#CCN(CC#N)[C@H]1CCCC[C@@H]1O. The van der Waals surface area contributed by atoms with Gasteiger partial charge in [0.15, 0.2) is 0 Å². The van der Waals surface area contributed by atoms with E-state index < -0.39 is 0 Å². The Hall–Kier alpha value is -1.10. The second kappa shape index (κ2) is 5.59. The van der Waals surface area contributed by atoms with Crippen LogP contribution in [0.4, 0.5) is 0 Å². The number of aliphatic hydroxyl groups excluding tert-OH is 1. The van der Waals surface area contributed by atoms with E-state index >= 15 is 0 Å². The highest BCUT2D eigenvalue weighted by atomic mass is 16.3. The molecule has 0 radical (unpaired) electrons. The highest BCUT2D eigenvalue weighted by Gasteiger charge is 2.28. The third-order valence-corrected chi connectivity index (χ3v) is 2.71.